The van der Waals surface area contributed by atoms with E-state index in [1.165, 1.54) is 0 Å². The molecule has 0 saturated carbocycles. The van der Waals surface area contributed by atoms with Crippen LogP contribution in [0.2, 0.25) is 0 Å². The maximum atomic E-state index is 5.99. The van der Waals surface area contributed by atoms with E-state index in [-0.39, 0.29) is 6.10 Å². The standard InChI is InChI=1S/C19H17BrN4O3S/c1-10(27-12-6-4-11(20)5-7-12)17-22-18-13-8-15(25-2)16(26-3)9-14(13)21-19(28)24(18)23-17/h4-10H,1-3H3,(H,22,23)/t10-/m0/s1. The Hall–Kier alpha value is -2.65. The molecule has 0 aliphatic carbocycles. The van der Waals surface area contributed by atoms with Gasteiger partial charge in [0.25, 0.3) is 0 Å². The number of aromatic nitrogens is 4. The van der Waals surface area contributed by atoms with E-state index in [2.05, 4.69) is 26.0 Å². The number of nitrogens with one attached hydrogen (secondary N) is 1. The number of nitrogens with zero attached hydrogens (tertiary/aromatic N) is 3. The summed E-state index contributed by atoms with van der Waals surface area (Å²) in [6, 6.07) is 11.3. The number of ether oxygens (including phenoxy) is 3. The number of H-pyrrole nitrogens is 1. The summed E-state index contributed by atoms with van der Waals surface area (Å²) in [7, 11) is 3.17. The Morgan fingerprint density at radius 2 is 1.75 bits per heavy atom. The molecule has 0 aliphatic heterocycles. The molecule has 144 valence electrons. The van der Waals surface area contributed by atoms with Crippen molar-refractivity contribution >= 4 is 44.7 Å². The molecule has 0 fully saturated rings. The van der Waals surface area contributed by atoms with Crippen molar-refractivity contribution in [3.63, 3.8) is 0 Å². The highest BCUT2D eigenvalue weighted by Gasteiger charge is 2.17. The van der Waals surface area contributed by atoms with Crippen LogP contribution in [0.4, 0.5) is 0 Å². The molecule has 0 radical (unpaired) electrons. The number of rotatable bonds is 5. The van der Waals surface area contributed by atoms with Gasteiger partial charge in [-0.25, -0.2) is 14.5 Å². The lowest BCUT2D eigenvalue weighted by Crippen LogP contribution is -2.05. The predicted molar refractivity (Wildman–Crippen MR) is 112 cm³/mol. The zero-order chi connectivity index (χ0) is 19.8. The van der Waals surface area contributed by atoms with Crippen LogP contribution in [0, 0.1) is 4.77 Å². The second-order valence-electron chi connectivity index (χ2n) is 6.10. The highest BCUT2D eigenvalue weighted by Crippen LogP contribution is 2.33. The number of methoxy groups -OCH3 is 2. The Labute approximate surface area is 174 Å². The number of aromatic amines is 1. The quantitative estimate of drug-likeness (QED) is 0.428. The second kappa shape index (κ2) is 7.40. The summed E-state index contributed by atoms with van der Waals surface area (Å²) in [6.07, 6.45) is -0.314. The van der Waals surface area contributed by atoms with Gasteiger partial charge in [0.1, 0.15) is 5.75 Å². The Kier molecular flexibility index (Phi) is 4.94. The Morgan fingerprint density at radius 1 is 1.07 bits per heavy atom. The summed E-state index contributed by atoms with van der Waals surface area (Å²) < 4.78 is 19.8. The van der Waals surface area contributed by atoms with E-state index >= 15 is 0 Å². The average Bonchev–Trinajstić information content (AvgIpc) is 3.15. The lowest BCUT2D eigenvalue weighted by atomic mass is 10.2. The molecule has 9 heteroatoms. The fraction of sp³-hybridized carbons (Fsp3) is 0.211. The van der Waals surface area contributed by atoms with Gasteiger partial charge in [-0.2, -0.15) is 0 Å². The molecule has 0 spiro atoms. The minimum absolute atomic E-state index is 0.314. The minimum atomic E-state index is -0.314. The highest BCUT2D eigenvalue weighted by atomic mass is 79.9. The van der Waals surface area contributed by atoms with E-state index < -0.39 is 0 Å². The van der Waals surface area contributed by atoms with Crippen molar-refractivity contribution < 1.29 is 14.2 Å². The van der Waals surface area contributed by atoms with Crippen molar-refractivity contribution in [2.24, 2.45) is 0 Å². The molecule has 2 aromatic heterocycles. The summed E-state index contributed by atoms with van der Waals surface area (Å²) in [5.74, 6) is 2.57. The molecule has 1 atom stereocenters. The van der Waals surface area contributed by atoms with Crippen LogP contribution in [0.15, 0.2) is 40.9 Å². The van der Waals surface area contributed by atoms with Crippen LogP contribution < -0.4 is 14.2 Å². The molecule has 0 bridgehead atoms. The van der Waals surface area contributed by atoms with Crippen molar-refractivity contribution in [3.8, 4) is 17.2 Å². The zero-order valence-corrected chi connectivity index (χ0v) is 17.8. The fourth-order valence-corrected chi connectivity index (χ4v) is 3.42. The minimum Gasteiger partial charge on any atom is -0.493 e. The summed E-state index contributed by atoms with van der Waals surface area (Å²) in [4.78, 5) is 9.20. The third-order valence-corrected chi connectivity index (χ3v) is 5.13. The van der Waals surface area contributed by atoms with Gasteiger partial charge < -0.3 is 14.2 Å². The maximum absolute atomic E-state index is 5.99. The lowest BCUT2D eigenvalue weighted by Gasteiger charge is -2.11. The molecule has 0 amide bonds. The normalized spacial score (nSPS) is 12.3. The monoisotopic (exact) mass is 460 g/mol. The van der Waals surface area contributed by atoms with Gasteiger partial charge in [-0.1, -0.05) is 15.9 Å². The van der Waals surface area contributed by atoms with E-state index in [0.29, 0.717) is 33.3 Å². The van der Waals surface area contributed by atoms with Crippen molar-refractivity contribution in [1.29, 1.82) is 0 Å². The number of benzene rings is 2. The first-order valence-corrected chi connectivity index (χ1v) is 9.67. The highest BCUT2D eigenvalue weighted by molar-refractivity contribution is 9.10. The van der Waals surface area contributed by atoms with Crippen LogP contribution in [0.3, 0.4) is 0 Å². The first-order chi connectivity index (χ1) is 13.5. The van der Waals surface area contributed by atoms with Gasteiger partial charge in [0.2, 0.25) is 4.77 Å². The fourth-order valence-electron chi connectivity index (χ4n) is 2.92. The topological polar surface area (TPSA) is 73.7 Å². The van der Waals surface area contributed by atoms with Crippen LogP contribution in [-0.2, 0) is 0 Å². The van der Waals surface area contributed by atoms with E-state index in [1.807, 2.05) is 37.3 Å². The van der Waals surface area contributed by atoms with Gasteiger partial charge in [-0.05, 0) is 49.5 Å². The van der Waals surface area contributed by atoms with Crippen LogP contribution >= 0.6 is 28.1 Å². The first kappa shape index (κ1) is 18.7. The molecule has 4 rings (SSSR count). The molecule has 4 aromatic rings. The van der Waals surface area contributed by atoms with Gasteiger partial charge in [-0.3, -0.25) is 5.10 Å². The Morgan fingerprint density at radius 3 is 2.43 bits per heavy atom. The van der Waals surface area contributed by atoms with Crippen LogP contribution in [0.25, 0.3) is 16.6 Å². The molecular formula is C19H17BrN4O3S. The van der Waals surface area contributed by atoms with Crippen molar-refractivity contribution in [3.05, 3.63) is 51.5 Å². The van der Waals surface area contributed by atoms with Gasteiger partial charge in [0.05, 0.1) is 19.7 Å². The van der Waals surface area contributed by atoms with E-state index in [9.17, 15) is 0 Å². The number of hydrogen-bond donors (Lipinski definition) is 1. The van der Waals surface area contributed by atoms with Crippen LogP contribution in [-0.4, -0.2) is 33.8 Å². The molecule has 2 aromatic carbocycles. The third kappa shape index (κ3) is 3.31. The molecule has 0 aliphatic rings. The predicted octanol–water partition coefficient (Wildman–Crippen LogP) is 4.86. The third-order valence-electron chi connectivity index (χ3n) is 4.33. The van der Waals surface area contributed by atoms with Crippen molar-refractivity contribution in [2.45, 2.75) is 13.0 Å². The number of hydrogen-bond acceptors (Lipinski definition) is 6. The summed E-state index contributed by atoms with van der Waals surface area (Å²) in [5, 5.41) is 3.98. The molecule has 0 unspecified atom stereocenters. The summed E-state index contributed by atoms with van der Waals surface area (Å²) in [5.41, 5.74) is 1.33. The van der Waals surface area contributed by atoms with Crippen molar-refractivity contribution in [1.82, 2.24) is 19.6 Å². The Balaban J connectivity index is 1.81. The van der Waals surface area contributed by atoms with E-state index in [4.69, 9.17) is 31.4 Å². The SMILES string of the molecule is COc1cc2nc(=S)n3[nH]c([C@H](C)Oc4ccc(Br)cc4)nc3c2cc1OC. The van der Waals surface area contributed by atoms with Gasteiger partial charge in [-0.15, -0.1) is 0 Å². The van der Waals surface area contributed by atoms with Gasteiger partial charge >= 0.3 is 0 Å². The van der Waals surface area contributed by atoms with Gasteiger partial charge in [0.15, 0.2) is 29.1 Å². The summed E-state index contributed by atoms with van der Waals surface area (Å²) in [6.45, 7) is 1.92. The zero-order valence-electron chi connectivity index (χ0n) is 15.4. The van der Waals surface area contributed by atoms with Crippen LogP contribution in [0.5, 0.6) is 17.2 Å². The van der Waals surface area contributed by atoms with E-state index in [1.54, 1.807) is 24.8 Å². The molecular weight excluding hydrogens is 444 g/mol. The smallest absolute Gasteiger partial charge is 0.221 e. The number of fused-ring (bicyclic) bond motifs is 3. The Bertz CT molecular complexity index is 1220. The maximum Gasteiger partial charge on any atom is 0.221 e. The molecule has 0 saturated heterocycles. The number of halogens is 1. The van der Waals surface area contributed by atoms with Gasteiger partial charge in [0, 0.05) is 15.9 Å². The second-order valence-corrected chi connectivity index (χ2v) is 7.38. The largest absolute Gasteiger partial charge is 0.493 e. The molecule has 7 nitrogen and oxygen atoms in total. The van der Waals surface area contributed by atoms with Crippen molar-refractivity contribution in [2.75, 3.05) is 14.2 Å². The first-order valence-electron chi connectivity index (χ1n) is 8.47. The average molecular weight is 461 g/mol. The van der Waals surface area contributed by atoms with E-state index in [0.717, 1.165) is 15.6 Å². The summed E-state index contributed by atoms with van der Waals surface area (Å²) >= 11 is 8.85. The lowest BCUT2D eigenvalue weighted by molar-refractivity contribution is 0.216. The molecule has 2 heterocycles. The van der Waals surface area contributed by atoms with Crippen LogP contribution in [0.1, 0.15) is 18.9 Å². The molecule has 1 N–H and O–H groups in total. The molecule has 28 heavy (non-hydrogen) atoms.